The first-order valence-corrected chi connectivity index (χ1v) is 8.73. The van der Waals surface area contributed by atoms with Crippen LogP contribution in [0.1, 0.15) is 31.1 Å². The Balaban J connectivity index is 2.07. The van der Waals surface area contributed by atoms with Crippen LogP contribution in [-0.2, 0) is 10.3 Å². The number of nitrogens with one attached hydrogen (secondary N) is 1. The quantitative estimate of drug-likeness (QED) is 0.827. The Morgan fingerprint density at radius 2 is 2.07 bits per heavy atom. The number of aromatic nitrogens is 1. The summed E-state index contributed by atoms with van der Waals surface area (Å²) in [6.45, 7) is 4.00. The van der Waals surface area contributed by atoms with Crippen LogP contribution in [0, 0.1) is 0 Å². The second-order valence-corrected chi connectivity index (χ2v) is 6.62. The number of halogens is 3. The van der Waals surface area contributed by atoms with Crippen LogP contribution in [0.5, 0.6) is 5.75 Å². The van der Waals surface area contributed by atoms with Crippen molar-refractivity contribution in [1.82, 2.24) is 15.2 Å². The molecule has 7 nitrogen and oxygen atoms in total. The van der Waals surface area contributed by atoms with Gasteiger partial charge in [0.05, 0.1) is 32.7 Å². The third kappa shape index (κ3) is 3.56. The zero-order chi connectivity index (χ0) is 20.5. The maximum absolute atomic E-state index is 13.5. The molecule has 28 heavy (non-hydrogen) atoms. The van der Waals surface area contributed by atoms with E-state index in [4.69, 9.17) is 14.5 Å². The van der Waals surface area contributed by atoms with Gasteiger partial charge >= 0.3 is 6.18 Å². The number of alkyl halides is 3. The first kappa shape index (κ1) is 20.1. The molecule has 0 bridgehead atoms. The average Bonchev–Trinajstić information content (AvgIpc) is 3.02. The van der Waals surface area contributed by atoms with Crippen molar-refractivity contribution in [3.8, 4) is 5.75 Å². The van der Waals surface area contributed by atoms with Crippen LogP contribution in [0.25, 0.3) is 0 Å². The van der Waals surface area contributed by atoms with Crippen molar-refractivity contribution in [1.29, 1.82) is 0 Å². The van der Waals surface area contributed by atoms with E-state index in [9.17, 15) is 13.2 Å². The van der Waals surface area contributed by atoms with Gasteiger partial charge in [-0.05, 0) is 19.5 Å². The third-order valence-corrected chi connectivity index (χ3v) is 4.65. The summed E-state index contributed by atoms with van der Waals surface area (Å²) < 4.78 is 51.2. The molecule has 152 valence electrons. The minimum absolute atomic E-state index is 0.132. The highest BCUT2D eigenvalue weighted by Gasteiger charge is 2.44. The van der Waals surface area contributed by atoms with E-state index in [0.717, 1.165) is 0 Å². The molecular formula is C18H22F3N5O2. The number of hydrogen-bond acceptors (Lipinski definition) is 7. The van der Waals surface area contributed by atoms with Crippen LogP contribution in [0.2, 0.25) is 0 Å². The fourth-order valence-corrected chi connectivity index (χ4v) is 3.36. The standard InChI is InChI=1S/C18H22F3N5O2/c1-5-22-14(18(19,20)21)12-8-11(13(27-3)9-24-12)17(2)10-26-7-6-23-16(28-4)15(26)25-17/h6-9,14,22H,5,10H2,1-4H3. The maximum Gasteiger partial charge on any atom is 0.409 e. The van der Waals surface area contributed by atoms with Gasteiger partial charge in [-0.2, -0.15) is 13.2 Å². The van der Waals surface area contributed by atoms with E-state index >= 15 is 0 Å². The van der Waals surface area contributed by atoms with Crippen LogP contribution in [0.3, 0.4) is 0 Å². The number of ether oxygens (including phenoxy) is 2. The van der Waals surface area contributed by atoms with Gasteiger partial charge in [0.15, 0.2) is 5.84 Å². The SMILES string of the molecule is CCNC(c1cc(C2(C)CN3C=CN=C(OC)C3=N2)c(OC)cn1)C(F)(F)F. The van der Waals surface area contributed by atoms with Gasteiger partial charge in [-0.3, -0.25) is 9.98 Å². The highest BCUT2D eigenvalue weighted by Crippen LogP contribution is 2.40. The largest absolute Gasteiger partial charge is 0.495 e. The van der Waals surface area contributed by atoms with E-state index in [1.807, 2.05) is 11.8 Å². The summed E-state index contributed by atoms with van der Waals surface area (Å²) in [5.41, 5.74) is -0.486. The molecule has 2 atom stereocenters. The molecule has 0 aromatic carbocycles. The summed E-state index contributed by atoms with van der Waals surface area (Å²) in [5.74, 6) is 1.24. The maximum atomic E-state index is 13.5. The van der Waals surface area contributed by atoms with Crippen molar-refractivity contribution in [3.05, 3.63) is 35.9 Å². The Kier molecular flexibility index (Phi) is 5.33. The Morgan fingerprint density at radius 1 is 1.32 bits per heavy atom. The molecule has 3 rings (SSSR count). The van der Waals surface area contributed by atoms with Crippen molar-refractivity contribution >= 4 is 11.7 Å². The highest BCUT2D eigenvalue weighted by atomic mass is 19.4. The Hall–Kier alpha value is -2.62. The second kappa shape index (κ2) is 7.42. The molecule has 0 fully saturated rings. The van der Waals surface area contributed by atoms with E-state index in [2.05, 4.69) is 15.3 Å². The number of rotatable bonds is 5. The molecular weight excluding hydrogens is 375 g/mol. The number of aliphatic imine (C=N–C) groups is 2. The smallest absolute Gasteiger partial charge is 0.409 e. The molecule has 3 heterocycles. The molecule has 0 saturated heterocycles. The minimum atomic E-state index is -4.48. The zero-order valence-electron chi connectivity index (χ0n) is 16.0. The molecule has 2 aliphatic heterocycles. The number of pyridine rings is 1. The van der Waals surface area contributed by atoms with E-state index in [1.165, 1.54) is 26.5 Å². The van der Waals surface area contributed by atoms with E-state index < -0.39 is 17.8 Å². The summed E-state index contributed by atoms with van der Waals surface area (Å²) in [4.78, 5) is 14.7. The Bertz CT molecular complexity index is 837. The van der Waals surface area contributed by atoms with E-state index in [-0.39, 0.29) is 12.2 Å². The van der Waals surface area contributed by atoms with E-state index in [1.54, 1.807) is 19.3 Å². The van der Waals surface area contributed by atoms with Gasteiger partial charge in [0, 0.05) is 18.0 Å². The van der Waals surface area contributed by atoms with Gasteiger partial charge in [0.1, 0.15) is 17.3 Å². The third-order valence-electron chi connectivity index (χ3n) is 4.65. The average molecular weight is 397 g/mol. The Morgan fingerprint density at radius 3 is 2.68 bits per heavy atom. The summed E-state index contributed by atoms with van der Waals surface area (Å²) in [7, 11) is 2.94. The lowest BCUT2D eigenvalue weighted by Gasteiger charge is -2.27. The van der Waals surface area contributed by atoms with Crippen LogP contribution in [-0.4, -0.2) is 55.1 Å². The summed E-state index contributed by atoms with van der Waals surface area (Å²) >= 11 is 0. The van der Waals surface area contributed by atoms with Gasteiger partial charge in [0.25, 0.3) is 5.90 Å². The topological polar surface area (TPSA) is 71.3 Å². The summed E-state index contributed by atoms with van der Waals surface area (Å²) in [6.07, 6.45) is 0.167. The van der Waals surface area contributed by atoms with Crippen molar-refractivity contribution < 1.29 is 22.6 Å². The molecule has 0 spiro atoms. The fourth-order valence-electron chi connectivity index (χ4n) is 3.36. The molecule has 0 radical (unpaired) electrons. The van der Waals surface area contributed by atoms with Crippen molar-refractivity contribution in [2.45, 2.75) is 31.6 Å². The van der Waals surface area contributed by atoms with Gasteiger partial charge in [-0.15, -0.1) is 0 Å². The fraction of sp³-hybridized carbons (Fsp3) is 0.500. The molecule has 10 heteroatoms. The van der Waals surface area contributed by atoms with E-state index in [0.29, 0.717) is 29.6 Å². The van der Waals surface area contributed by atoms with Crippen molar-refractivity contribution in [2.24, 2.45) is 9.98 Å². The van der Waals surface area contributed by atoms with Gasteiger partial charge in [-0.1, -0.05) is 6.92 Å². The predicted molar refractivity (Wildman–Crippen MR) is 98.3 cm³/mol. The van der Waals surface area contributed by atoms with Crippen LogP contribution in [0.15, 0.2) is 34.6 Å². The van der Waals surface area contributed by atoms with Gasteiger partial charge in [-0.25, -0.2) is 4.99 Å². The number of nitrogens with zero attached hydrogens (tertiary/aromatic N) is 4. The number of amidine groups is 1. The minimum Gasteiger partial charge on any atom is -0.495 e. The molecule has 2 aliphatic rings. The molecule has 0 saturated carbocycles. The number of fused-ring (bicyclic) bond motifs is 1. The van der Waals surface area contributed by atoms with Gasteiger partial charge in [0.2, 0.25) is 0 Å². The highest BCUT2D eigenvalue weighted by molar-refractivity contribution is 6.39. The molecule has 2 unspecified atom stereocenters. The normalized spacial score (nSPS) is 22.5. The molecule has 0 amide bonds. The summed E-state index contributed by atoms with van der Waals surface area (Å²) in [6, 6.07) is -0.464. The molecule has 1 aromatic rings. The van der Waals surface area contributed by atoms with Crippen LogP contribution in [0.4, 0.5) is 13.2 Å². The lowest BCUT2D eigenvalue weighted by atomic mass is 9.91. The van der Waals surface area contributed by atoms with Crippen LogP contribution >= 0.6 is 0 Å². The predicted octanol–water partition coefficient (Wildman–Crippen LogP) is 2.76. The summed E-state index contributed by atoms with van der Waals surface area (Å²) in [5, 5.41) is 2.45. The molecule has 0 aliphatic carbocycles. The molecule has 1 N–H and O–H groups in total. The van der Waals surface area contributed by atoms with Crippen molar-refractivity contribution in [2.75, 3.05) is 27.3 Å². The second-order valence-electron chi connectivity index (χ2n) is 6.62. The lowest BCUT2D eigenvalue weighted by Crippen LogP contribution is -2.36. The first-order valence-electron chi connectivity index (χ1n) is 8.73. The number of hydrogen-bond donors (Lipinski definition) is 1. The lowest BCUT2D eigenvalue weighted by molar-refractivity contribution is -0.158. The molecule has 1 aromatic heterocycles. The first-order chi connectivity index (χ1) is 13.2. The van der Waals surface area contributed by atoms with Crippen LogP contribution < -0.4 is 10.1 Å². The number of methoxy groups -OCH3 is 2. The van der Waals surface area contributed by atoms with Crippen molar-refractivity contribution in [3.63, 3.8) is 0 Å². The Labute approximate surface area is 161 Å². The monoisotopic (exact) mass is 397 g/mol. The zero-order valence-corrected chi connectivity index (χ0v) is 16.0. The van der Waals surface area contributed by atoms with Gasteiger partial charge < -0.3 is 19.7 Å².